The molecule has 0 aliphatic heterocycles. The Hall–Kier alpha value is -2.24. The molecule has 0 unspecified atom stereocenters. The second-order valence-corrected chi connectivity index (χ2v) is 4.31. The Balaban J connectivity index is 1.96. The number of benzene rings is 2. The lowest BCUT2D eigenvalue weighted by Crippen LogP contribution is -1.96. The minimum absolute atomic E-state index is 0.387. The fraction of sp³-hybridized carbons (Fsp3) is 0.176. The van der Waals surface area contributed by atoms with Crippen molar-refractivity contribution >= 4 is 0 Å². The molecule has 2 nitrogen and oxygen atoms in total. The Kier molecular flexibility index (Phi) is 4.60. The van der Waals surface area contributed by atoms with E-state index in [-0.39, 0.29) is 0 Å². The Labute approximate surface area is 114 Å². The summed E-state index contributed by atoms with van der Waals surface area (Å²) in [6.45, 7) is 3.00. The fourth-order valence-corrected chi connectivity index (χ4v) is 1.71. The molecule has 96 valence electrons. The molecule has 0 bridgehead atoms. The first-order valence-corrected chi connectivity index (χ1v) is 6.25. The summed E-state index contributed by atoms with van der Waals surface area (Å²) in [5.41, 5.74) is 8.64. The van der Waals surface area contributed by atoms with Crippen LogP contribution in [0.2, 0.25) is 0 Å². The van der Waals surface area contributed by atoms with Crippen LogP contribution in [0.4, 0.5) is 0 Å². The molecule has 0 amide bonds. The second kappa shape index (κ2) is 6.63. The molecular formula is C17H17NO. The largest absolute Gasteiger partial charge is 0.489 e. The lowest BCUT2D eigenvalue weighted by atomic mass is 10.1. The van der Waals surface area contributed by atoms with E-state index in [1.165, 1.54) is 5.56 Å². The van der Waals surface area contributed by atoms with Crippen molar-refractivity contribution in [1.82, 2.24) is 0 Å². The third kappa shape index (κ3) is 4.17. The van der Waals surface area contributed by atoms with Gasteiger partial charge in [-0.15, -0.1) is 0 Å². The highest BCUT2D eigenvalue weighted by Gasteiger charge is 1.96. The van der Waals surface area contributed by atoms with Crippen LogP contribution in [0.1, 0.15) is 16.7 Å². The molecule has 0 saturated heterocycles. The van der Waals surface area contributed by atoms with Crippen molar-refractivity contribution in [2.75, 3.05) is 6.54 Å². The first kappa shape index (κ1) is 13.2. The van der Waals surface area contributed by atoms with E-state index >= 15 is 0 Å². The smallest absolute Gasteiger partial charge is 0.120 e. The Bertz CT molecular complexity index is 591. The van der Waals surface area contributed by atoms with E-state index in [0.717, 1.165) is 16.9 Å². The zero-order valence-electron chi connectivity index (χ0n) is 11.0. The summed E-state index contributed by atoms with van der Waals surface area (Å²) in [5.74, 6) is 6.73. The van der Waals surface area contributed by atoms with Crippen LogP contribution in [0, 0.1) is 18.8 Å². The molecule has 0 aromatic heterocycles. The van der Waals surface area contributed by atoms with Crippen molar-refractivity contribution in [3.8, 4) is 17.6 Å². The molecule has 2 heteroatoms. The molecule has 0 aliphatic rings. The third-order valence-electron chi connectivity index (χ3n) is 2.68. The number of nitrogens with two attached hydrogens (primary N) is 1. The Morgan fingerprint density at radius 2 is 1.89 bits per heavy atom. The topological polar surface area (TPSA) is 35.2 Å². The van der Waals surface area contributed by atoms with Crippen LogP contribution in [0.5, 0.6) is 5.75 Å². The summed E-state index contributed by atoms with van der Waals surface area (Å²) in [6.07, 6.45) is 0. The zero-order valence-corrected chi connectivity index (χ0v) is 11.0. The molecule has 2 aromatic rings. The van der Waals surface area contributed by atoms with Gasteiger partial charge in [-0.05, 0) is 42.3 Å². The molecule has 0 heterocycles. The van der Waals surface area contributed by atoms with E-state index in [0.29, 0.717) is 13.2 Å². The summed E-state index contributed by atoms with van der Waals surface area (Å²) in [6, 6.07) is 16.1. The molecule has 0 radical (unpaired) electrons. The number of ether oxygens (including phenoxy) is 1. The summed E-state index contributed by atoms with van der Waals surface area (Å²) in [7, 11) is 0. The average molecular weight is 251 g/mol. The van der Waals surface area contributed by atoms with Crippen molar-refractivity contribution < 1.29 is 4.74 Å². The summed E-state index contributed by atoms with van der Waals surface area (Å²) in [4.78, 5) is 0. The lowest BCUT2D eigenvalue weighted by Gasteiger charge is -2.07. The first-order valence-electron chi connectivity index (χ1n) is 6.25. The van der Waals surface area contributed by atoms with Gasteiger partial charge in [-0.1, -0.05) is 36.1 Å². The van der Waals surface area contributed by atoms with E-state index in [2.05, 4.69) is 24.8 Å². The van der Waals surface area contributed by atoms with E-state index in [9.17, 15) is 0 Å². The van der Waals surface area contributed by atoms with Gasteiger partial charge >= 0.3 is 0 Å². The normalized spacial score (nSPS) is 9.58. The Morgan fingerprint density at radius 1 is 1.11 bits per heavy atom. The minimum atomic E-state index is 0.387. The predicted octanol–water partition coefficient (Wildman–Crippen LogP) is 2.88. The predicted molar refractivity (Wildman–Crippen MR) is 77.9 cm³/mol. The molecule has 2 aromatic carbocycles. The van der Waals surface area contributed by atoms with Crippen LogP contribution in [-0.2, 0) is 6.61 Å². The molecule has 0 atom stereocenters. The monoisotopic (exact) mass is 251 g/mol. The van der Waals surface area contributed by atoms with Crippen molar-refractivity contribution in [3.05, 3.63) is 65.2 Å². The highest BCUT2D eigenvalue weighted by molar-refractivity contribution is 5.36. The maximum atomic E-state index is 5.74. The van der Waals surface area contributed by atoms with Gasteiger partial charge in [-0.2, -0.15) is 0 Å². The maximum absolute atomic E-state index is 5.74. The number of hydrogen-bond donors (Lipinski definition) is 1. The van der Waals surface area contributed by atoms with Gasteiger partial charge in [0.1, 0.15) is 12.4 Å². The molecule has 0 fully saturated rings. The van der Waals surface area contributed by atoms with Crippen molar-refractivity contribution in [2.45, 2.75) is 13.5 Å². The molecule has 2 rings (SSSR count). The number of aryl methyl sites for hydroxylation is 1. The van der Waals surface area contributed by atoms with Gasteiger partial charge in [0.15, 0.2) is 0 Å². The van der Waals surface area contributed by atoms with Gasteiger partial charge in [0.2, 0.25) is 0 Å². The van der Waals surface area contributed by atoms with Crippen LogP contribution in [0.15, 0.2) is 48.5 Å². The van der Waals surface area contributed by atoms with E-state index in [1.54, 1.807) is 0 Å². The molecule has 0 spiro atoms. The van der Waals surface area contributed by atoms with Crippen LogP contribution in [0.25, 0.3) is 0 Å². The molecule has 0 saturated carbocycles. The Morgan fingerprint density at radius 3 is 2.58 bits per heavy atom. The highest BCUT2D eigenvalue weighted by Crippen LogP contribution is 2.14. The van der Waals surface area contributed by atoms with Gasteiger partial charge < -0.3 is 10.5 Å². The van der Waals surface area contributed by atoms with Gasteiger partial charge in [-0.25, -0.2) is 0 Å². The zero-order chi connectivity index (χ0) is 13.5. The number of rotatable bonds is 3. The molecule has 2 N–H and O–H groups in total. The minimum Gasteiger partial charge on any atom is -0.489 e. The SMILES string of the molecule is Cc1cccc(OCc2ccc(C#CCN)cc2)c1. The maximum Gasteiger partial charge on any atom is 0.120 e. The van der Waals surface area contributed by atoms with Crippen LogP contribution < -0.4 is 10.5 Å². The second-order valence-electron chi connectivity index (χ2n) is 4.31. The molecule has 19 heavy (non-hydrogen) atoms. The van der Waals surface area contributed by atoms with Gasteiger partial charge in [0, 0.05) is 5.56 Å². The average Bonchev–Trinajstić information content (AvgIpc) is 2.44. The first-order chi connectivity index (χ1) is 9.28. The standard InChI is InChI=1S/C17H17NO/c1-14-4-2-6-17(12-14)19-13-16-9-7-15(8-10-16)5-3-11-18/h2,4,6-10,12H,11,13,18H2,1H3. The number of hydrogen-bond acceptors (Lipinski definition) is 2. The van der Waals surface area contributed by atoms with Gasteiger partial charge in [0.05, 0.1) is 6.54 Å². The van der Waals surface area contributed by atoms with Crippen LogP contribution >= 0.6 is 0 Å². The summed E-state index contributed by atoms with van der Waals surface area (Å²) < 4.78 is 5.74. The lowest BCUT2D eigenvalue weighted by molar-refractivity contribution is 0.306. The van der Waals surface area contributed by atoms with Crippen molar-refractivity contribution in [2.24, 2.45) is 5.73 Å². The van der Waals surface area contributed by atoms with E-state index in [1.807, 2.05) is 42.5 Å². The van der Waals surface area contributed by atoms with Crippen molar-refractivity contribution in [1.29, 1.82) is 0 Å². The fourth-order valence-electron chi connectivity index (χ4n) is 1.71. The highest BCUT2D eigenvalue weighted by atomic mass is 16.5. The summed E-state index contributed by atoms with van der Waals surface area (Å²) in [5, 5.41) is 0. The van der Waals surface area contributed by atoms with Crippen LogP contribution in [-0.4, -0.2) is 6.54 Å². The van der Waals surface area contributed by atoms with Crippen LogP contribution in [0.3, 0.4) is 0 Å². The molecular weight excluding hydrogens is 234 g/mol. The quantitative estimate of drug-likeness (QED) is 0.851. The van der Waals surface area contributed by atoms with Gasteiger partial charge in [0.25, 0.3) is 0 Å². The third-order valence-corrected chi connectivity index (χ3v) is 2.68. The van der Waals surface area contributed by atoms with E-state index < -0.39 is 0 Å². The summed E-state index contributed by atoms with van der Waals surface area (Å²) >= 11 is 0. The van der Waals surface area contributed by atoms with Crippen molar-refractivity contribution in [3.63, 3.8) is 0 Å². The van der Waals surface area contributed by atoms with Gasteiger partial charge in [-0.3, -0.25) is 0 Å². The van der Waals surface area contributed by atoms with E-state index in [4.69, 9.17) is 10.5 Å². The molecule has 0 aliphatic carbocycles.